The van der Waals surface area contributed by atoms with Crippen LogP contribution in [0, 0.1) is 13.8 Å². The van der Waals surface area contributed by atoms with Gasteiger partial charge in [0.05, 0.1) is 5.52 Å². The van der Waals surface area contributed by atoms with Crippen molar-refractivity contribution in [1.82, 2.24) is 4.57 Å². The quantitative estimate of drug-likeness (QED) is 0.790. The number of nitrogens with zero attached hydrogens (tertiary/aromatic N) is 1. The van der Waals surface area contributed by atoms with Gasteiger partial charge in [0.1, 0.15) is 0 Å². The molecular weight excluding hydrogens is 210 g/mol. The number of aromatic nitrogens is 1. The van der Waals surface area contributed by atoms with Crippen LogP contribution in [0.2, 0.25) is 0 Å². The highest BCUT2D eigenvalue weighted by molar-refractivity contribution is 5.83. The number of fused-ring (bicyclic) bond motifs is 1. The van der Waals surface area contributed by atoms with Gasteiger partial charge in [0.15, 0.2) is 0 Å². The fourth-order valence-electron chi connectivity index (χ4n) is 2.24. The number of pyridine rings is 1. The summed E-state index contributed by atoms with van der Waals surface area (Å²) in [6, 6.07) is 8.17. The molecule has 1 heterocycles. The first-order valence-electron chi connectivity index (χ1n) is 6.25. The van der Waals surface area contributed by atoms with Crippen LogP contribution in [0.4, 0.5) is 0 Å². The molecule has 0 aliphatic heterocycles. The Morgan fingerprint density at radius 3 is 2.53 bits per heavy atom. The summed E-state index contributed by atoms with van der Waals surface area (Å²) in [4.78, 5) is 12.3. The first-order chi connectivity index (χ1) is 8.16. The summed E-state index contributed by atoms with van der Waals surface area (Å²) in [7, 11) is 0. The molecule has 1 aromatic carbocycles. The highest BCUT2D eigenvalue weighted by Gasteiger charge is 2.09. The topological polar surface area (TPSA) is 22.0 Å². The highest BCUT2D eigenvalue weighted by atomic mass is 16.1. The Bertz CT molecular complexity index is 596. The van der Waals surface area contributed by atoms with Gasteiger partial charge in [0.25, 0.3) is 5.56 Å². The molecule has 2 heteroatoms. The zero-order chi connectivity index (χ0) is 12.4. The smallest absolute Gasteiger partial charge is 0.254 e. The van der Waals surface area contributed by atoms with Crippen LogP contribution < -0.4 is 5.56 Å². The molecule has 17 heavy (non-hydrogen) atoms. The van der Waals surface area contributed by atoms with Crippen molar-refractivity contribution >= 4 is 10.9 Å². The summed E-state index contributed by atoms with van der Waals surface area (Å²) >= 11 is 0. The normalized spacial score (nSPS) is 11.0. The van der Waals surface area contributed by atoms with Crippen LogP contribution in [0.25, 0.3) is 10.9 Å². The van der Waals surface area contributed by atoms with E-state index in [1.54, 1.807) is 0 Å². The van der Waals surface area contributed by atoms with E-state index in [2.05, 4.69) is 13.0 Å². The molecule has 0 radical (unpaired) electrons. The second kappa shape index (κ2) is 4.74. The molecule has 0 saturated heterocycles. The zero-order valence-corrected chi connectivity index (χ0v) is 10.8. The fourth-order valence-corrected chi connectivity index (χ4v) is 2.24. The van der Waals surface area contributed by atoms with E-state index in [9.17, 15) is 4.79 Å². The monoisotopic (exact) mass is 229 g/mol. The van der Waals surface area contributed by atoms with Crippen LogP contribution in [0.3, 0.4) is 0 Å². The molecule has 0 unspecified atom stereocenters. The Morgan fingerprint density at radius 2 is 1.82 bits per heavy atom. The first-order valence-corrected chi connectivity index (χ1v) is 6.25. The molecule has 0 amide bonds. The molecule has 0 N–H and O–H groups in total. The van der Waals surface area contributed by atoms with Crippen LogP contribution in [0.5, 0.6) is 0 Å². The Hall–Kier alpha value is -1.57. The summed E-state index contributed by atoms with van der Waals surface area (Å²) in [5.41, 5.74) is 3.21. The predicted molar refractivity (Wildman–Crippen MR) is 72.6 cm³/mol. The molecule has 0 saturated carbocycles. The van der Waals surface area contributed by atoms with Crippen LogP contribution in [0.1, 0.15) is 30.9 Å². The lowest BCUT2D eigenvalue weighted by Gasteiger charge is -2.13. The van der Waals surface area contributed by atoms with Crippen LogP contribution in [0.15, 0.2) is 29.1 Å². The number of aryl methyl sites for hydroxylation is 2. The van der Waals surface area contributed by atoms with Crippen LogP contribution in [-0.4, -0.2) is 4.57 Å². The van der Waals surface area contributed by atoms with Gasteiger partial charge in [-0.1, -0.05) is 31.5 Å². The molecule has 0 bridgehead atoms. The Morgan fingerprint density at radius 1 is 1.12 bits per heavy atom. The van der Waals surface area contributed by atoms with Crippen LogP contribution in [-0.2, 0) is 6.54 Å². The van der Waals surface area contributed by atoms with E-state index in [0.29, 0.717) is 0 Å². The lowest BCUT2D eigenvalue weighted by Crippen LogP contribution is -2.24. The maximum absolute atomic E-state index is 12.3. The highest BCUT2D eigenvalue weighted by Crippen LogP contribution is 2.18. The molecule has 2 aromatic rings. The summed E-state index contributed by atoms with van der Waals surface area (Å²) in [5.74, 6) is 0. The van der Waals surface area contributed by atoms with Gasteiger partial charge >= 0.3 is 0 Å². The average Bonchev–Trinajstić information content (AvgIpc) is 2.36. The largest absolute Gasteiger partial charge is 0.308 e. The van der Waals surface area contributed by atoms with E-state index in [1.807, 2.05) is 36.6 Å². The van der Waals surface area contributed by atoms with E-state index in [-0.39, 0.29) is 5.56 Å². The van der Waals surface area contributed by atoms with Crippen molar-refractivity contribution in [3.05, 3.63) is 45.7 Å². The SMILES string of the molecule is CCCCn1c(=O)c(C)c(C)c2ccccc21. The number of benzene rings is 1. The minimum Gasteiger partial charge on any atom is -0.308 e. The van der Waals surface area contributed by atoms with E-state index in [0.717, 1.165) is 36.0 Å². The van der Waals surface area contributed by atoms with Gasteiger partial charge in [-0.05, 0) is 31.9 Å². The van der Waals surface area contributed by atoms with Crippen molar-refractivity contribution < 1.29 is 0 Å². The van der Waals surface area contributed by atoms with Crippen molar-refractivity contribution in [3.8, 4) is 0 Å². The Kier molecular flexibility index (Phi) is 3.32. The minimum atomic E-state index is 0.162. The Balaban J connectivity index is 2.76. The standard InChI is InChI=1S/C15H19NO/c1-4-5-10-16-14-9-7-6-8-13(14)11(2)12(3)15(16)17/h6-9H,4-5,10H2,1-3H3. The van der Waals surface area contributed by atoms with Crippen LogP contribution >= 0.6 is 0 Å². The first kappa shape index (κ1) is 11.9. The van der Waals surface area contributed by atoms with Crippen molar-refractivity contribution in [3.63, 3.8) is 0 Å². The van der Waals surface area contributed by atoms with Crippen molar-refractivity contribution in [2.45, 2.75) is 40.2 Å². The summed E-state index contributed by atoms with van der Waals surface area (Å²) in [6.45, 7) is 6.92. The second-order valence-electron chi connectivity index (χ2n) is 4.58. The average molecular weight is 229 g/mol. The van der Waals surface area contributed by atoms with Crippen molar-refractivity contribution in [2.24, 2.45) is 0 Å². The van der Waals surface area contributed by atoms with E-state index in [4.69, 9.17) is 0 Å². The molecule has 0 spiro atoms. The lowest BCUT2D eigenvalue weighted by atomic mass is 10.1. The van der Waals surface area contributed by atoms with E-state index < -0.39 is 0 Å². The third-order valence-electron chi connectivity index (χ3n) is 3.46. The fraction of sp³-hybridized carbons (Fsp3) is 0.400. The molecule has 90 valence electrons. The van der Waals surface area contributed by atoms with Gasteiger partial charge in [-0.2, -0.15) is 0 Å². The third kappa shape index (κ3) is 1.99. The van der Waals surface area contributed by atoms with E-state index in [1.165, 1.54) is 5.39 Å². The number of rotatable bonds is 3. The maximum Gasteiger partial charge on any atom is 0.254 e. The maximum atomic E-state index is 12.3. The molecule has 2 rings (SSSR count). The third-order valence-corrected chi connectivity index (χ3v) is 3.46. The molecule has 1 aromatic heterocycles. The van der Waals surface area contributed by atoms with Gasteiger partial charge in [-0.15, -0.1) is 0 Å². The van der Waals surface area contributed by atoms with Gasteiger partial charge in [0.2, 0.25) is 0 Å². The molecule has 0 aliphatic rings. The van der Waals surface area contributed by atoms with Gasteiger partial charge in [-0.3, -0.25) is 4.79 Å². The number of hydrogen-bond donors (Lipinski definition) is 0. The van der Waals surface area contributed by atoms with Gasteiger partial charge in [0, 0.05) is 17.5 Å². The van der Waals surface area contributed by atoms with Crippen molar-refractivity contribution in [1.29, 1.82) is 0 Å². The van der Waals surface area contributed by atoms with Gasteiger partial charge < -0.3 is 4.57 Å². The molecule has 2 nitrogen and oxygen atoms in total. The van der Waals surface area contributed by atoms with Gasteiger partial charge in [-0.25, -0.2) is 0 Å². The van der Waals surface area contributed by atoms with Crippen molar-refractivity contribution in [2.75, 3.05) is 0 Å². The predicted octanol–water partition coefficient (Wildman–Crippen LogP) is 3.42. The number of unbranched alkanes of at least 4 members (excludes halogenated alkanes) is 1. The zero-order valence-electron chi connectivity index (χ0n) is 10.8. The summed E-state index contributed by atoms with van der Waals surface area (Å²) < 4.78 is 1.92. The molecule has 0 fully saturated rings. The molecule has 0 aliphatic carbocycles. The molecular formula is C15H19NO. The number of para-hydroxylation sites is 1. The lowest BCUT2D eigenvalue weighted by molar-refractivity contribution is 0.629. The molecule has 0 atom stereocenters. The minimum absolute atomic E-state index is 0.162. The van der Waals surface area contributed by atoms with E-state index >= 15 is 0 Å². The number of hydrogen-bond acceptors (Lipinski definition) is 1. The Labute approximate surface area is 102 Å². The summed E-state index contributed by atoms with van der Waals surface area (Å²) in [6.07, 6.45) is 2.15. The second-order valence-corrected chi connectivity index (χ2v) is 4.58. The summed E-state index contributed by atoms with van der Waals surface area (Å²) in [5, 5.41) is 1.20.